The van der Waals surface area contributed by atoms with Crippen molar-refractivity contribution in [3.8, 4) is 0 Å². The molecule has 0 aromatic heterocycles. The fraction of sp³-hybridized carbons (Fsp3) is 0.857. The molecule has 2 fully saturated rings. The summed E-state index contributed by atoms with van der Waals surface area (Å²) in [6.45, 7) is 6.84. The molecule has 1 aliphatic heterocycles. The second kappa shape index (κ2) is 5.10. The molecule has 1 saturated carbocycles. The number of likely N-dealkylation sites (tertiary alicyclic amines) is 1. The van der Waals surface area contributed by atoms with Gasteiger partial charge < -0.3 is 9.47 Å². The van der Waals surface area contributed by atoms with Crippen molar-refractivity contribution in [3.05, 3.63) is 0 Å². The van der Waals surface area contributed by atoms with Crippen LogP contribution in [0.15, 0.2) is 0 Å². The minimum absolute atomic E-state index is 0.0737. The highest BCUT2D eigenvalue weighted by Crippen LogP contribution is 2.54. The normalized spacial score (nSPS) is 30.4. The topological polar surface area (TPSA) is 55.8 Å². The summed E-state index contributed by atoms with van der Waals surface area (Å²) in [5.41, 5.74) is -0.749. The van der Waals surface area contributed by atoms with E-state index in [2.05, 4.69) is 0 Å². The quantitative estimate of drug-likeness (QED) is 0.736. The third-order valence-electron chi connectivity index (χ3n) is 3.82. The Morgan fingerprint density at radius 1 is 1.33 bits per heavy atom. The van der Waals surface area contributed by atoms with Crippen LogP contribution >= 0.6 is 0 Å². The predicted molar refractivity (Wildman–Crippen MR) is 70.0 cm³/mol. The molecule has 1 aliphatic carbocycles. The van der Waals surface area contributed by atoms with Crippen LogP contribution in [0.4, 0.5) is 13.6 Å². The molecule has 0 N–H and O–H groups in total. The van der Waals surface area contributed by atoms with E-state index in [1.165, 1.54) is 0 Å². The molecule has 2 aliphatic rings. The highest BCUT2D eigenvalue weighted by atomic mass is 19.3. The lowest BCUT2D eigenvalue weighted by molar-refractivity contribution is -0.158. The maximum absolute atomic E-state index is 13.6. The van der Waals surface area contributed by atoms with Crippen molar-refractivity contribution in [1.29, 1.82) is 0 Å². The van der Waals surface area contributed by atoms with Crippen LogP contribution in [-0.2, 0) is 14.3 Å². The molecule has 5 nitrogen and oxygen atoms in total. The molecule has 0 bridgehead atoms. The third kappa shape index (κ3) is 2.96. The van der Waals surface area contributed by atoms with Crippen LogP contribution in [0.2, 0.25) is 0 Å². The zero-order valence-electron chi connectivity index (χ0n) is 12.7. The van der Waals surface area contributed by atoms with Crippen LogP contribution < -0.4 is 0 Å². The van der Waals surface area contributed by atoms with E-state index in [9.17, 15) is 18.4 Å². The molecule has 0 aromatic rings. The molecular weight excluding hydrogens is 284 g/mol. The van der Waals surface area contributed by atoms with E-state index in [4.69, 9.17) is 9.47 Å². The van der Waals surface area contributed by atoms with Gasteiger partial charge in [-0.25, -0.2) is 18.4 Å². The lowest BCUT2D eigenvalue weighted by Gasteiger charge is -2.43. The number of hydrogen-bond acceptors (Lipinski definition) is 4. The average molecular weight is 305 g/mol. The monoisotopic (exact) mass is 305 g/mol. The molecule has 0 radical (unpaired) electrons. The first-order chi connectivity index (χ1) is 9.57. The molecule has 1 saturated heterocycles. The molecule has 7 heteroatoms. The van der Waals surface area contributed by atoms with Gasteiger partial charge in [-0.15, -0.1) is 0 Å². The fourth-order valence-electron chi connectivity index (χ4n) is 2.93. The maximum Gasteiger partial charge on any atom is 0.411 e. The zero-order valence-corrected chi connectivity index (χ0v) is 12.7. The summed E-state index contributed by atoms with van der Waals surface area (Å²) in [7, 11) is 0. The van der Waals surface area contributed by atoms with Gasteiger partial charge in [0.05, 0.1) is 12.6 Å². The van der Waals surface area contributed by atoms with Gasteiger partial charge >= 0.3 is 12.1 Å². The molecular formula is C14H21F2NO4. The van der Waals surface area contributed by atoms with Gasteiger partial charge in [0, 0.05) is 12.3 Å². The van der Waals surface area contributed by atoms with Crippen LogP contribution in [0.5, 0.6) is 0 Å². The van der Waals surface area contributed by atoms with Crippen molar-refractivity contribution in [2.45, 2.75) is 64.1 Å². The number of esters is 1. The molecule has 120 valence electrons. The summed E-state index contributed by atoms with van der Waals surface area (Å²) in [6.07, 6.45) is -1.23. The SMILES string of the molecule is CCOC(=O)C1CC2C(CC2(F)F)N1C(=O)OC(C)(C)C. The molecule has 0 spiro atoms. The first-order valence-electron chi connectivity index (χ1n) is 7.12. The van der Waals surface area contributed by atoms with Crippen LogP contribution in [0.1, 0.15) is 40.5 Å². The summed E-state index contributed by atoms with van der Waals surface area (Å²) in [4.78, 5) is 25.3. The first kappa shape index (κ1) is 16.0. The number of halogens is 2. The van der Waals surface area contributed by atoms with Gasteiger partial charge in [-0.05, 0) is 34.1 Å². The Morgan fingerprint density at radius 3 is 2.43 bits per heavy atom. The van der Waals surface area contributed by atoms with Gasteiger partial charge in [-0.2, -0.15) is 0 Å². The van der Waals surface area contributed by atoms with Crippen LogP contribution in [0, 0.1) is 5.92 Å². The number of fused-ring (bicyclic) bond motifs is 1. The summed E-state index contributed by atoms with van der Waals surface area (Å²) < 4.78 is 37.3. The lowest BCUT2D eigenvalue weighted by Crippen LogP contribution is -2.57. The molecule has 1 amide bonds. The smallest absolute Gasteiger partial charge is 0.411 e. The van der Waals surface area contributed by atoms with E-state index >= 15 is 0 Å². The molecule has 1 heterocycles. The van der Waals surface area contributed by atoms with E-state index in [1.807, 2.05) is 0 Å². The van der Waals surface area contributed by atoms with Crippen molar-refractivity contribution in [2.24, 2.45) is 5.92 Å². The number of amides is 1. The first-order valence-corrected chi connectivity index (χ1v) is 7.12. The predicted octanol–water partition coefficient (Wildman–Crippen LogP) is 2.58. The standard InChI is InChI=1S/C14H21F2NO4/c1-5-20-11(18)9-6-8-10(7-14(8,15)16)17(9)12(19)21-13(2,3)4/h8-10H,5-7H2,1-4H3. The second-order valence-electron chi connectivity index (χ2n) is 6.53. The number of ether oxygens (including phenoxy) is 2. The fourth-order valence-corrected chi connectivity index (χ4v) is 2.93. The largest absolute Gasteiger partial charge is 0.464 e. The average Bonchev–Trinajstić information content (AvgIpc) is 2.62. The molecule has 0 aromatic carbocycles. The van der Waals surface area contributed by atoms with E-state index in [0.717, 1.165) is 4.90 Å². The molecule has 3 unspecified atom stereocenters. The number of carbonyl (C=O) groups is 2. The number of hydrogen-bond donors (Lipinski definition) is 0. The minimum atomic E-state index is -2.83. The van der Waals surface area contributed by atoms with Crippen molar-refractivity contribution in [3.63, 3.8) is 0 Å². The van der Waals surface area contributed by atoms with Crippen molar-refractivity contribution >= 4 is 12.1 Å². The number of nitrogens with zero attached hydrogens (tertiary/aromatic N) is 1. The Balaban J connectivity index is 2.18. The van der Waals surface area contributed by atoms with E-state index in [0.29, 0.717) is 0 Å². The minimum Gasteiger partial charge on any atom is -0.464 e. The van der Waals surface area contributed by atoms with E-state index in [-0.39, 0.29) is 13.0 Å². The van der Waals surface area contributed by atoms with Gasteiger partial charge in [0.2, 0.25) is 0 Å². The lowest BCUT2D eigenvalue weighted by atomic mass is 9.76. The Hall–Kier alpha value is -1.40. The van der Waals surface area contributed by atoms with E-state index in [1.54, 1.807) is 27.7 Å². The third-order valence-corrected chi connectivity index (χ3v) is 3.82. The van der Waals surface area contributed by atoms with Gasteiger partial charge in [0.25, 0.3) is 5.92 Å². The van der Waals surface area contributed by atoms with E-state index < -0.39 is 48.0 Å². The molecule has 3 atom stereocenters. The Bertz CT molecular complexity index is 447. The summed E-state index contributed by atoms with van der Waals surface area (Å²) in [5.74, 6) is -4.46. The second-order valence-corrected chi connectivity index (χ2v) is 6.53. The van der Waals surface area contributed by atoms with Gasteiger partial charge in [0.1, 0.15) is 11.6 Å². The summed E-state index contributed by atoms with van der Waals surface area (Å²) >= 11 is 0. The molecule has 2 rings (SSSR count). The van der Waals surface area contributed by atoms with Gasteiger partial charge in [-0.1, -0.05) is 0 Å². The van der Waals surface area contributed by atoms with Crippen LogP contribution in [-0.4, -0.2) is 47.2 Å². The van der Waals surface area contributed by atoms with Gasteiger partial charge in [0.15, 0.2) is 0 Å². The summed E-state index contributed by atoms with van der Waals surface area (Å²) in [5, 5.41) is 0. The van der Waals surface area contributed by atoms with Crippen LogP contribution in [0.3, 0.4) is 0 Å². The van der Waals surface area contributed by atoms with Crippen LogP contribution in [0.25, 0.3) is 0 Å². The summed E-state index contributed by atoms with van der Waals surface area (Å²) in [6, 6.07) is -1.63. The number of alkyl halides is 2. The van der Waals surface area contributed by atoms with Crippen molar-refractivity contribution in [1.82, 2.24) is 4.90 Å². The number of rotatable bonds is 2. The van der Waals surface area contributed by atoms with Crippen molar-refractivity contribution < 1.29 is 27.8 Å². The Kier molecular flexibility index (Phi) is 3.88. The number of carbonyl (C=O) groups excluding carboxylic acids is 2. The van der Waals surface area contributed by atoms with Gasteiger partial charge in [-0.3, -0.25) is 4.90 Å². The maximum atomic E-state index is 13.6. The molecule has 21 heavy (non-hydrogen) atoms. The Morgan fingerprint density at radius 2 is 1.95 bits per heavy atom. The zero-order chi connectivity index (χ0) is 16.0. The Labute approximate surface area is 122 Å². The highest BCUT2D eigenvalue weighted by molar-refractivity contribution is 5.83. The highest BCUT2D eigenvalue weighted by Gasteiger charge is 2.66. The van der Waals surface area contributed by atoms with Crippen molar-refractivity contribution in [2.75, 3.05) is 6.61 Å².